The van der Waals surface area contributed by atoms with E-state index in [0.29, 0.717) is 0 Å². The Balaban J connectivity index is 2.03. The van der Waals surface area contributed by atoms with E-state index in [0.717, 1.165) is 19.5 Å². The van der Waals surface area contributed by atoms with E-state index in [4.69, 9.17) is 4.74 Å². The number of esters is 1. The van der Waals surface area contributed by atoms with Crippen molar-refractivity contribution in [2.24, 2.45) is 5.92 Å². The SMILES string of the molecule is Cc1cc(C)cc(N2CCC(C(=O)OC(C)C)C2)c1. The van der Waals surface area contributed by atoms with Crippen LogP contribution in [0.2, 0.25) is 0 Å². The Bertz CT molecular complexity index is 448. The summed E-state index contributed by atoms with van der Waals surface area (Å²) >= 11 is 0. The van der Waals surface area contributed by atoms with Crippen LogP contribution in [-0.4, -0.2) is 25.2 Å². The van der Waals surface area contributed by atoms with Crippen molar-refractivity contribution in [3.05, 3.63) is 29.3 Å². The Morgan fingerprint density at radius 2 is 1.89 bits per heavy atom. The summed E-state index contributed by atoms with van der Waals surface area (Å²) in [6.07, 6.45) is 0.862. The number of anilines is 1. The van der Waals surface area contributed by atoms with Gasteiger partial charge in [-0.15, -0.1) is 0 Å². The fourth-order valence-corrected chi connectivity index (χ4v) is 2.65. The van der Waals surface area contributed by atoms with Gasteiger partial charge in [0.1, 0.15) is 0 Å². The molecule has 1 aromatic carbocycles. The average molecular weight is 261 g/mol. The number of hydrogen-bond donors (Lipinski definition) is 0. The van der Waals surface area contributed by atoms with Crippen LogP contribution in [0.15, 0.2) is 18.2 Å². The molecule has 1 aliphatic rings. The molecule has 0 bridgehead atoms. The first-order chi connectivity index (χ1) is 8.95. The number of aryl methyl sites for hydroxylation is 2. The van der Waals surface area contributed by atoms with Gasteiger partial charge in [0.15, 0.2) is 0 Å². The molecular formula is C16H23NO2. The molecule has 0 N–H and O–H groups in total. The smallest absolute Gasteiger partial charge is 0.311 e. The molecule has 19 heavy (non-hydrogen) atoms. The third kappa shape index (κ3) is 3.49. The summed E-state index contributed by atoms with van der Waals surface area (Å²) in [5, 5.41) is 0. The first-order valence-corrected chi connectivity index (χ1v) is 6.99. The average Bonchev–Trinajstić information content (AvgIpc) is 2.75. The molecule has 1 fully saturated rings. The van der Waals surface area contributed by atoms with Crippen molar-refractivity contribution in [3.8, 4) is 0 Å². The summed E-state index contributed by atoms with van der Waals surface area (Å²) in [7, 11) is 0. The van der Waals surface area contributed by atoms with Crippen LogP contribution in [0.5, 0.6) is 0 Å². The molecule has 0 aliphatic carbocycles. The normalized spacial score (nSPS) is 19.0. The van der Waals surface area contributed by atoms with Gasteiger partial charge in [-0.2, -0.15) is 0 Å². The summed E-state index contributed by atoms with van der Waals surface area (Å²) in [6.45, 7) is 9.71. The molecule has 0 aromatic heterocycles. The molecule has 0 saturated carbocycles. The molecule has 3 nitrogen and oxygen atoms in total. The van der Waals surface area contributed by atoms with Crippen LogP contribution in [0.1, 0.15) is 31.4 Å². The van der Waals surface area contributed by atoms with Crippen LogP contribution in [0, 0.1) is 19.8 Å². The molecule has 0 spiro atoms. The fraction of sp³-hybridized carbons (Fsp3) is 0.562. The molecule has 104 valence electrons. The molecule has 0 amide bonds. The molecule has 1 aliphatic heterocycles. The molecule has 1 atom stereocenters. The standard InChI is InChI=1S/C16H23NO2/c1-11(2)19-16(18)14-5-6-17(10-14)15-8-12(3)7-13(4)9-15/h7-9,11,14H,5-6,10H2,1-4H3. The van der Waals surface area contributed by atoms with E-state index in [1.54, 1.807) is 0 Å². The lowest BCUT2D eigenvalue weighted by Gasteiger charge is -2.20. The van der Waals surface area contributed by atoms with Crippen LogP contribution >= 0.6 is 0 Å². The van der Waals surface area contributed by atoms with Crippen molar-refractivity contribution in [2.75, 3.05) is 18.0 Å². The van der Waals surface area contributed by atoms with Gasteiger partial charge < -0.3 is 9.64 Å². The van der Waals surface area contributed by atoms with E-state index < -0.39 is 0 Å². The van der Waals surface area contributed by atoms with Gasteiger partial charge in [-0.05, 0) is 57.4 Å². The zero-order chi connectivity index (χ0) is 14.0. The second-order valence-electron chi connectivity index (χ2n) is 5.76. The van der Waals surface area contributed by atoms with Crippen LogP contribution in [0.4, 0.5) is 5.69 Å². The summed E-state index contributed by atoms with van der Waals surface area (Å²) in [5.74, 6) is -0.0370. The Morgan fingerprint density at radius 3 is 2.47 bits per heavy atom. The maximum atomic E-state index is 11.9. The first-order valence-electron chi connectivity index (χ1n) is 6.99. The lowest BCUT2D eigenvalue weighted by molar-refractivity contribution is -0.151. The van der Waals surface area contributed by atoms with Gasteiger partial charge in [0.05, 0.1) is 12.0 Å². The molecule has 3 heteroatoms. The summed E-state index contributed by atoms with van der Waals surface area (Å²) in [4.78, 5) is 14.2. The predicted octanol–water partition coefficient (Wildman–Crippen LogP) is 3.08. The third-order valence-electron chi connectivity index (χ3n) is 3.45. The van der Waals surface area contributed by atoms with Crippen molar-refractivity contribution in [3.63, 3.8) is 0 Å². The second kappa shape index (κ2) is 5.64. The summed E-state index contributed by atoms with van der Waals surface area (Å²) < 4.78 is 5.30. The molecule has 1 aromatic rings. The highest BCUT2D eigenvalue weighted by Crippen LogP contribution is 2.26. The van der Waals surface area contributed by atoms with Crippen molar-refractivity contribution >= 4 is 11.7 Å². The summed E-state index contributed by atoms with van der Waals surface area (Å²) in [6, 6.07) is 6.54. The highest BCUT2D eigenvalue weighted by Gasteiger charge is 2.30. The minimum Gasteiger partial charge on any atom is -0.463 e. The Kier molecular flexibility index (Phi) is 4.13. The van der Waals surface area contributed by atoms with Gasteiger partial charge in [-0.25, -0.2) is 0 Å². The second-order valence-corrected chi connectivity index (χ2v) is 5.76. The highest BCUT2D eigenvalue weighted by atomic mass is 16.5. The van der Waals surface area contributed by atoms with E-state index in [1.165, 1.54) is 16.8 Å². The van der Waals surface area contributed by atoms with Crippen molar-refractivity contribution < 1.29 is 9.53 Å². The number of nitrogens with zero attached hydrogens (tertiary/aromatic N) is 1. The van der Waals surface area contributed by atoms with Crippen LogP contribution in [0.25, 0.3) is 0 Å². The Morgan fingerprint density at radius 1 is 1.26 bits per heavy atom. The van der Waals surface area contributed by atoms with Crippen molar-refractivity contribution in [2.45, 2.75) is 40.2 Å². The first kappa shape index (κ1) is 13.9. The monoisotopic (exact) mass is 261 g/mol. The number of rotatable bonds is 3. The molecule has 1 saturated heterocycles. The van der Waals surface area contributed by atoms with E-state index in [1.807, 2.05) is 13.8 Å². The van der Waals surface area contributed by atoms with Gasteiger partial charge in [0, 0.05) is 18.8 Å². The summed E-state index contributed by atoms with van der Waals surface area (Å²) in [5.41, 5.74) is 3.75. The van der Waals surface area contributed by atoms with Crippen LogP contribution in [0.3, 0.4) is 0 Å². The maximum absolute atomic E-state index is 11.9. The van der Waals surface area contributed by atoms with Gasteiger partial charge in [-0.1, -0.05) is 6.07 Å². The van der Waals surface area contributed by atoms with Crippen LogP contribution < -0.4 is 4.90 Å². The number of carbonyl (C=O) groups excluding carboxylic acids is 1. The number of hydrogen-bond acceptors (Lipinski definition) is 3. The van der Waals surface area contributed by atoms with E-state index in [-0.39, 0.29) is 18.0 Å². The molecule has 1 heterocycles. The molecule has 2 rings (SSSR count). The predicted molar refractivity (Wildman–Crippen MR) is 77.5 cm³/mol. The highest BCUT2D eigenvalue weighted by molar-refractivity contribution is 5.74. The number of ether oxygens (including phenoxy) is 1. The Hall–Kier alpha value is -1.51. The molecule has 0 radical (unpaired) electrons. The number of carbonyl (C=O) groups is 1. The lowest BCUT2D eigenvalue weighted by Crippen LogP contribution is -2.25. The Labute approximate surface area is 115 Å². The van der Waals surface area contributed by atoms with Gasteiger partial charge >= 0.3 is 5.97 Å². The van der Waals surface area contributed by atoms with Crippen molar-refractivity contribution in [1.29, 1.82) is 0 Å². The van der Waals surface area contributed by atoms with Gasteiger partial charge in [0.2, 0.25) is 0 Å². The maximum Gasteiger partial charge on any atom is 0.311 e. The van der Waals surface area contributed by atoms with Gasteiger partial charge in [0.25, 0.3) is 0 Å². The van der Waals surface area contributed by atoms with Crippen LogP contribution in [-0.2, 0) is 9.53 Å². The van der Waals surface area contributed by atoms with E-state index in [9.17, 15) is 4.79 Å². The minimum atomic E-state index is -0.0538. The number of benzene rings is 1. The minimum absolute atomic E-state index is 0.0169. The largest absolute Gasteiger partial charge is 0.463 e. The fourth-order valence-electron chi connectivity index (χ4n) is 2.65. The quantitative estimate of drug-likeness (QED) is 0.783. The van der Waals surface area contributed by atoms with E-state index >= 15 is 0 Å². The van der Waals surface area contributed by atoms with E-state index in [2.05, 4.69) is 36.9 Å². The zero-order valence-electron chi connectivity index (χ0n) is 12.3. The van der Waals surface area contributed by atoms with Crippen molar-refractivity contribution in [1.82, 2.24) is 0 Å². The third-order valence-corrected chi connectivity index (χ3v) is 3.45. The topological polar surface area (TPSA) is 29.5 Å². The van der Waals surface area contributed by atoms with Gasteiger partial charge in [-0.3, -0.25) is 4.79 Å². The molecule has 1 unspecified atom stereocenters. The zero-order valence-corrected chi connectivity index (χ0v) is 12.3. The lowest BCUT2D eigenvalue weighted by atomic mass is 10.1. The molecular weight excluding hydrogens is 238 g/mol.